The Labute approximate surface area is 208 Å². The zero-order valence-corrected chi connectivity index (χ0v) is 20.4. The van der Waals surface area contributed by atoms with Crippen LogP contribution in [-0.2, 0) is 4.79 Å². The van der Waals surface area contributed by atoms with Crippen LogP contribution in [0, 0.1) is 0 Å². The van der Waals surface area contributed by atoms with Crippen LogP contribution in [0.1, 0.15) is 10.4 Å². The van der Waals surface area contributed by atoms with Crippen molar-refractivity contribution in [2.24, 2.45) is 0 Å². The van der Waals surface area contributed by atoms with Gasteiger partial charge in [0, 0.05) is 47.5 Å². The third-order valence-electron chi connectivity index (χ3n) is 5.59. The topological polar surface area (TPSA) is 61.9 Å². The van der Waals surface area contributed by atoms with Crippen LogP contribution in [0.4, 0.5) is 11.4 Å². The van der Waals surface area contributed by atoms with Crippen LogP contribution < -0.4 is 15.0 Å². The van der Waals surface area contributed by atoms with Crippen molar-refractivity contribution in [2.75, 3.05) is 49.3 Å². The zero-order chi connectivity index (χ0) is 23.9. The molecule has 1 aliphatic rings. The van der Waals surface area contributed by atoms with Gasteiger partial charge in [0.25, 0.3) is 5.91 Å². The standard InChI is InChI=1S/C26H26ClN3O3S/c1-33-24-12-7-19(27)17-23(24)26(32)30-15-13-29(14-16-30)21-10-8-20(9-11-21)28-25(31)18-34-22-5-3-2-4-6-22/h2-12,17H,13-16,18H2,1H3,(H,28,31). The number of benzene rings is 3. The van der Waals surface area contributed by atoms with Gasteiger partial charge in [-0.3, -0.25) is 9.59 Å². The summed E-state index contributed by atoms with van der Waals surface area (Å²) in [6.07, 6.45) is 0. The Balaban J connectivity index is 1.29. The molecule has 3 aromatic rings. The van der Waals surface area contributed by atoms with Gasteiger partial charge in [-0.25, -0.2) is 0 Å². The van der Waals surface area contributed by atoms with Crippen molar-refractivity contribution >= 4 is 46.6 Å². The molecule has 34 heavy (non-hydrogen) atoms. The average molecular weight is 496 g/mol. The minimum atomic E-state index is -0.0783. The summed E-state index contributed by atoms with van der Waals surface area (Å²) in [7, 11) is 1.55. The lowest BCUT2D eigenvalue weighted by Gasteiger charge is -2.36. The van der Waals surface area contributed by atoms with Gasteiger partial charge in [-0.15, -0.1) is 11.8 Å². The molecule has 1 N–H and O–H groups in total. The molecule has 0 bridgehead atoms. The predicted octanol–water partition coefficient (Wildman–Crippen LogP) is 5.04. The van der Waals surface area contributed by atoms with Crippen LogP contribution in [0.15, 0.2) is 77.7 Å². The minimum Gasteiger partial charge on any atom is -0.496 e. The van der Waals surface area contributed by atoms with Crippen molar-refractivity contribution in [3.63, 3.8) is 0 Å². The summed E-state index contributed by atoms with van der Waals surface area (Å²) in [6.45, 7) is 2.63. The Bertz CT molecular complexity index is 1130. The fraction of sp³-hybridized carbons (Fsp3) is 0.231. The molecule has 0 aromatic heterocycles. The molecule has 1 aliphatic heterocycles. The van der Waals surface area contributed by atoms with E-state index in [1.807, 2.05) is 59.5 Å². The van der Waals surface area contributed by atoms with Gasteiger partial charge in [0.1, 0.15) is 5.75 Å². The number of methoxy groups -OCH3 is 1. The van der Waals surface area contributed by atoms with Gasteiger partial charge in [-0.1, -0.05) is 29.8 Å². The van der Waals surface area contributed by atoms with Crippen LogP contribution in [-0.4, -0.2) is 55.8 Å². The summed E-state index contributed by atoms with van der Waals surface area (Å²) in [4.78, 5) is 30.4. The Morgan fingerprint density at radius 2 is 1.68 bits per heavy atom. The number of nitrogens with one attached hydrogen (secondary N) is 1. The van der Waals surface area contributed by atoms with Gasteiger partial charge < -0.3 is 19.9 Å². The fourth-order valence-corrected chi connectivity index (χ4v) is 4.70. The summed E-state index contributed by atoms with van der Waals surface area (Å²) >= 11 is 7.60. The van der Waals surface area contributed by atoms with Gasteiger partial charge in [0.15, 0.2) is 0 Å². The molecular formula is C26H26ClN3O3S. The Hall–Kier alpha value is -3.16. The number of rotatable bonds is 7. The molecule has 0 spiro atoms. The van der Waals surface area contributed by atoms with Crippen LogP contribution in [0.3, 0.4) is 0 Å². The molecule has 1 saturated heterocycles. The Morgan fingerprint density at radius 1 is 0.971 bits per heavy atom. The van der Waals surface area contributed by atoms with Crippen molar-refractivity contribution in [3.05, 3.63) is 83.4 Å². The van der Waals surface area contributed by atoms with E-state index in [2.05, 4.69) is 10.2 Å². The number of thioether (sulfide) groups is 1. The van der Waals surface area contributed by atoms with Gasteiger partial charge in [-0.05, 0) is 54.6 Å². The summed E-state index contributed by atoms with van der Waals surface area (Å²) in [5.41, 5.74) is 2.31. The molecule has 1 fully saturated rings. The number of nitrogens with zero attached hydrogens (tertiary/aromatic N) is 2. The number of ether oxygens (including phenoxy) is 1. The van der Waals surface area contributed by atoms with Gasteiger partial charge in [0.05, 0.1) is 18.4 Å². The first-order chi connectivity index (χ1) is 16.5. The highest BCUT2D eigenvalue weighted by Gasteiger charge is 2.24. The van der Waals surface area contributed by atoms with Gasteiger partial charge in [0.2, 0.25) is 5.91 Å². The van der Waals surface area contributed by atoms with Crippen LogP contribution in [0.5, 0.6) is 5.75 Å². The molecule has 1 heterocycles. The molecule has 4 rings (SSSR count). The lowest BCUT2D eigenvalue weighted by atomic mass is 10.1. The Morgan fingerprint density at radius 3 is 2.35 bits per heavy atom. The highest BCUT2D eigenvalue weighted by atomic mass is 35.5. The second-order valence-electron chi connectivity index (χ2n) is 7.82. The van der Waals surface area contributed by atoms with Crippen LogP contribution in [0.2, 0.25) is 5.02 Å². The number of piperazine rings is 1. The number of hydrogen-bond donors (Lipinski definition) is 1. The number of amides is 2. The summed E-state index contributed by atoms with van der Waals surface area (Å²) in [5.74, 6) is 0.770. The molecule has 0 unspecified atom stereocenters. The number of hydrogen-bond acceptors (Lipinski definition) is 5. The maximum atomic E-state index is 13.0. The predicted molar refractivity (Wildman–Crippen MR) is 138 cm³/mol. The van der Waals surface area contributed by atoms with Crippen molar-refractivity contribution in [2.45, 2.75) is 4.90 Å². The summed E-state index contributed by atoms with van der Waals surface area (Å²) in [6, 6.07) is 22.8. The second-order valence-corrected chi connectivity index (χ2v) is 9.31. The minimum absolute atomic E-state index is 0.0369. The van der Waals surface area contributed by atoms with E-state index in [1.165, 1.54) is 11.8 Å². The molecule has 176 valence electrons. The summed E-state index contributed by atoms with van der Waals surface area (Å²) < 4.78 is 5.33. The first kappa shape index (κ1) is 24.0. The number of anilines is 2. The third-order valence-corrected chi connectivity index (χ3v) is 6.84. The smallest absolute Gasteiger partial charge is 0.257 e. The molecule has 0 saturated carbocycles. The highest BCUT2D eigenvalue weighted by molar-refractivity contribution is 8.00. The maximum absolute atomic E-state index is 13.0. The van der Waals surface area contributed by atoms with E-state index in [0.717, 1.165) is 16.3 Å². The normalized spacial score (nSPS) is 13.5. The largest absolute Gasteiger partial charge is 0.496 e. The SMILES string of the molecule is COc1ccc(Cl)cc1C(=O)N1CCN(c2ccc(NC(=O)CSc3ccccc3)cc2)CC1. The molecule has 8 heteroatoms. The zero-order valence-electron chi connectivity index (χ0n) is 18.9. The van der Waals surface area contributed by atoms with Gasteiger partial charge >= 0.3 is 0 Å². The van der Waals surface area contributed by atoms with Crippen LogP contribution in [0.25, 0.3) is 0 Å². The molecule has 0 atom stereocenters. The molecule has 6 nitrogen and oxygen atoms in total. The van der Waals surface area contributed by atoms with Crippen molar-refractivity contribution in [1.82, 2.24) is 4.90 Å². The fourth-order valence-electron chi connectivity index (χ4n) is 3.80. The number of carbonyl (C=O) groups excluding carboxylic acids is 2. The third kappa shape index (κ3) is 6.04. The Kier molecular flexibility index (Phi) is 7.98. The van der Waals surface area contributed by atoms with Crippen molar-refractivity contribution in [3.8, 4) is 5.75 Å². The van der Waals surface area contributed by atoms with Crippen LogP contribution >= 0.6 is 23.4 Å². The first-order valence-corrected chi connectivity index (χ1v) is 12.4. The monoisotopic (exact) mass is 495 g/mol. The summed E-state index contributed by atoms with van der Waals surface area (Å²) in [5, 5.41) is 3.45. The van der Waals surface area contributed by atoms with Crippen molar-refractivity contribution in [1.29, 1.82) is 0 Å². The molecule has 2 amide bonds. The van der Waals surface area contributed by atoms with E-state index in [-0.39, 0.29) is 11.8 Å². The number of halogens is 1. The van der Waals surface area contributed by atoms with E-state index in [9.17, 15) is 9.59 Å². The number of carbonyl (C=O) groups is 2. The lowest BCUT2D eigenvalue weighted by Crippen LogP contribution is -2.48. The molecule has 3 aromatic carbocycles. The van der Waals surface area contributed by atoms with Crippen molar-refractivity contribution < 1.29 is 14.3 Å². The van der Waals surface area contributed by atoms with E-state index in [1.54, 1.807) is 25.3 Å². The molecule has 0 radical (unpaired) electrons. The first-order valence-electron chi connectivity index (χ1n) is 11.0. The molecule has 0 aliphatic carbocycles. The average Bonchev–Trinajstić information content (AvgIpc) is 2.88. The quantitative estimate of drug-likeness (QED) is 0.465. The molecular weight excluding hydrogens is 470 g/mol. The van der Waals surface area contributed by atoms with Gasteiger partial charge in [-0.2, -0.15) is 0 Å². The maximum Gasteiger partial charge on any atom is 0.257 e. The lowest BCUT2D eigenvalue weighted by molar-refractivity contribution is -0.113. The van der Waals surface area contributed by atoms with E-state index < -0.39 is 0 Å². The van der Waals surface area contributed by atoms with E-state index in [0.29, 0.717) is 48.3 Å². The second kappa shape index (κ2) is 11.3. The van der Waals surface area contributed by atoms with E-state index in [4.69, 9.17) is 16.3 Å². The van der Waals surface area contributed by atoms with E-state index >= 15 is 0 Å². The highest BCUT2D eigenvalue weighted by Crippen LogP contribution is 2.26.